The predicted octanol–water partition coefficient (Wildman–Crippen LogP) is -0.714. The number of rotatable bonds is 13. The maximum atomic E-state index is 13.3. The molecule has 1 unspecified atom stereocenters. The van der Waals surface area contributed by atoms with Gasteiger partial charge in [-0.2, -0.15) is 4.98 Å². The molecule has 2 heterocycles. The standard InChI is InChI=1S/C25H38N8O6/c1-25(2,3)19(35)12-32(10-15(14-34)28-4)20(36)13-33-11-18-22(31-24(33)37)30-21-16(6-5-7-17(21)39-18)38-9-8-29-23(26)27/h5-7,11,15,23,28-29,34H,8-10,12-14,26-27H2,1-4H3,(H,30,31,37). The van der Waals surface area contributed by atoms with Crippen molar-refractivity contribution in [2.45, 2.75) is 39.6 Å². The number of anilines is 2. The summed E-state index contributed by atoms with van der Waals surface area (Å²) in [6.07, 6.45) is 0.736. The third kappa shape index (κ3) is 7.97. The van der Waals surface area contributed by atoms with Gasteiger partial charge in [0, 0.05) is 24.5 Å². The van der Waals surface area contributed by atoms with Crippen LogP contribution in [0.1, 0.15) is 20.8 Å². The van der Waals surface area contributed by atoms with Crippen molar-refractivity contribution in [3.05, 3.63) is 34.9 Å². The molecule has 1 amide bonds. The van der Waals surface area contributed by atoms with Crippen LogP contribution in [0.3, 0.4) is 0 Å². The largest absolute Gasteiger partial charge is 0.490 e. The summed E-state index contributed by atoms with van der Waals surface area (Å²) in [5.74, 6) is 0.709. The number of nitrogens with zero attached hydrogens (tertiary/aromatic N) is 3. The van der Waals surface area contributed by atoms with Crippen LogP contribution in [0.15, 0.2) is 29.2 Å². The summed E-state index contributed by atoms with van der Waals surface area (Å²) < 4.78 is 12.9. The summed E-state index contributed by atoms with van der Waals surface area (Å²) in [4.78, 5) is 44.2. The number of aromatic nitrogens is 2. The lowest BCUT2D eigenvalue weighted by molar-refractivity contribution is -0.138. The molecule has 0 radical (unpaired) electrons. The first-order chi connectivity index (χ1) is 18.4. The third-order valence-corrected chi connectivity index (χ3v) is 6.05. The number of ketones is 1. The fraction of sp³-hybridized carbons (Fsp3) is 0.520. The lowest BCUT2D eigenvalue weighted by atomic mass is 9.90. The zero-order chi connectivity index (χ0) is 28.7. The number of amides is 1. The first-order valence-corrected chi connectivity index (χ1v) is 12.6. The van der Waals surface area contributed by atoms with Gasteiger partial charge in [-0.3, -0.25) is 19.5 Å². The quantitative estimate of drug-likeness (QED) is 0.116. The minimum absolute atomic E-state index is 0.0850. The molecule has 8 N–H and O–H groups in total. The smallest absolute Gasteiger partial charge is 0.350 e. The fourth-order valence-corrected chi connectivity index (χ4v) is 3.63. The van der Waals surface area contributed by atoms with Gasteiger partial charge >= 0.3 is 5.69 Å². The monoisotopic (exact) mass is 546 g/mol. The van der Waals surface area contributed by atoms with Crippen LogP contribution >= 0.6 is 0 Å². The van der Waals surface area contributed by atoms with Crippen LogP contribution in [0.25, 0.3) is 0 Å². The van der Waals surface area contributed by atoms with Gasteiger partial charge in [0.05, 0.1) is 19.3 Å². The molecule has 1 aromatic carbocycles. The Kier molecular flexibility index (Phi) is 9.99. The Labute approximate surface area is 226 Å². The van der Waals surface area contributed by atoms with Crippen molar-refractivity contribution in [3.8, 4) is 17.2 Å². The molecule has 214 valence electrons. The van der Waals surface area contributed by atoms with E-state index in [1.807, 2.05) is 0 Å². The number of benzene rings is 1. The second kappa shape index (κ2) is 13.0. The van der Waals surface area contributed by atoms with Crippen molar-refractivity contribution >= 4 is 23.2 Å². The average molecular weight is 547 g/mol. The molecule has 1 aliphatic rings. The molecular formula is C25H38N8O6. The molecular weight excluding hydrogens is 508 g/mol. The van der Waals surface area contributed by atoms with Gasteiger partial charge in [0.2, 0.25) is 5.91 Å². The molecule has 1 atom stereocenters. The van der Waals surface area contributed by atoms with Crippen LogP contribution in [0.2, 0.25) is 0 Å². The second-order valence-electron chi connectivity index (χ2n) is 10.2. The summed E-state index contributed by atoms with van der Waals surface area (Å²) in [6, 6.07) is 4.77. The van der Waals surface area contributed by atoms with Crippen LogP contribution in [-0.4, -0.2) is 83.5 Å². The van der Waals surface area contributed by atoms with Crippen LogP contribution in [0.4, 0.5) is 11.5 Å². The molecule has 2 aromatic rings. The van der Waals surface area contributed by atoms with Crippen molar-refractivity contribution in [1.29, 1.82) is 0 Å². The highest BCUT2D eigenvalue weighted by atomic mass is 16.5. The van der Waals surface area contributed by atoms with E-state index < -0.39 is 29.3 Å². The van der Waals surface area contributed by atoms with E-state index >= 15 is 0 Å². The van der Waals surface area contributed by atoms with E-state index in [9.17, 15) is 19.5 Å². The molecule has 0 spiro atoms. The van der Waals surface area contributed by atoms with Gasteiger partial charge < -0.3 is 41.6 Å². The van der Waals surface area contributed by atoms with Gasteiger partial charge in [0.15, 0.2) is 23.1 Å². The Bertz CT molecular complexity index is 1220. The van der Waals surface area contributed by atoms with Crippen molar-refractivity contribution in [2.75, 3.05) is 45.2 Å². The summed E-state index contributed by atoms with van der Waals surface area (Å²) >= 11 is 0. The van der Waals surface area contributed by atoms with Crippen molar-refractivity contribution in [3.63, 3.8) is 0 Å². The Morgan fingerprint density at radius 2 is 2.03 bits per heavy atom. The number of hydrogen-bond acceptors (Lipinski definition) is 12. The van der Waals surface area contributed by atoms with Crippen LogP contribution in [0.5, 0.6) is 17.2 Å². The molecule has 1 aromatic heterocycles. The lowest BCUT2D eigenvalue weighted by Gasteiger charge is -2.29. The molecule has 0 saturated carbocycles. The summed E-state index contributed by atoms with van der Waals surface area (Å²) in [7, 11) is 1.65. The number of carbonyl (C=O) groups excluding carboxylic acids is 2. The van der Waals surface area contributed by atoms with E-state index in [-0.39, 0.29) is 50.2 Å². The third-order valence-electron chi connectivity index (χ3n) is 6.05. The summed E-state index contributed by atoms with van der Waals surface area (Å²) in [5.41, 5.74) is 10.1. The molecule has 0 saturated heterocycles. The predicted molar refractivity (Wildman–Crippen MR) is 145 cm³/mol. The van der Waals surface area contributed by atoms with Gasteiger partial charge in [0.1, 0.15) is 30.9 Å². The summed E-state index contributed by atoms with van der Waals surface area (Å²) in [5, 5.41) is 18.4. The van der Waals surface area contributed by atoms with Crippen molar-refractivity contribution < 1.29 is 24.2 Å². The first-order valence-electron chi connectivity index (χ1n) is 12.6. The molecule has 1 aliphatic heterocycles. The van der Waals surface area contributed by atoms with Crippen molar-refractivity contribution in [1.82, 2.24) is 25.1 Å². The Balaban J connectivity index is 1.78. The van der Waals surface area contributed by atoms with Crippen molar-refractivity contribution in [2.24, 2.45) is 16.9 Å². The highest BCUT2D eigenvalue weighted by molar-refractivity contribution is 5.89. The van der Waals surface area contributed by atoms with Gasteiger partial charge in [-0.05, 0) is 19.2 Å². The first kappa shape index (κ1) is 30.0. The summed E-state index contributed by atoms with van der Waals surface area (Å²) in [6.45, 7) is 5.33. The zero-order valence-corrected chi connectivity index (χ0v) is 22.7. The normalized spacial score (nSPS) is 13.1. The van der Waals surface area contributed by atoms with E-state index in [1.54, 1.807) is 46.0 Å². The Morgan fingerprint density at radius 1 is 1.28 bits per heavy atom. The van der Waals surface area contributed by atoms with Crippen LogP contribution < -0.4 is 42.6 Å². The Morgan fingerprint density at radius 3 is 2.67 bits per heavy atom. The number of fused-ring (bicyclic) bond motifs is 2. The molecule has 0 bridgehead atoms. The number of Topliss-reactive ketones (excluding diaryl/α,β-unsaturated/α-hetero) is 1. The number of ether oxygens (including phenoxy) is 2. The number of para-hydroxylation sites is 1. The highest BCUT2D eigenvalue weighted by Gasteiger charge is 2.28. The topological polar surface area (TPSA) is 199 Å². The van der Waals surface area contributed by atoms with E-state index in [2.05, 4.69) is 20.9 Å². The number of likely N-dealkylation sites (N-methyl/N-ethyl adjacent to an activating group) is 1. The van der Waals surface area contributed by atoms with Crippen LogP contribution in [0, 0.1) is 5.41 Å². The average Bonchev–Trinajstić information content (AvgIpc) is 2.87. The second-order valence-corrected chi connectivity index (χ2v) is 10.2. The van der Waals surface area contributed by atoms with Gasteiger partial charge in [0.25, 0.3) is 0 Å². The Hall–Kier alpha value is -3.56. The maximum Gasteiger partial charge on any atom is 0.350 e. The van der Waals surface area contributed by atoms with Gasteiger partial charge in [-0.15, -0.1) is 0 Å². The fourth-order valence-electron chi connectivity index (χ4n) is 3.63. The molecule has 3 rings (SSSR count). The van der Waals surface area contributed by atoms with E-state index in [0.29, 0.717) is 23.7 Å². The van der Waals surface area contributed by atoms with Gasteiger partial charge in [-0.1, -0.05) is 26.8 Å². The van der Waals surface area contributed by atoms with Crippen LogP contribution in [-0.2, 0) is 16.1 Å². The number of aliphatic hydroxyl groups is 1. The number of carbonyl (C=O) groups is 2. The van der Waals surface area contributed by atoms with E-state index in [4.69, 9.17) is 20.9 Å². The molecule has 0 aliphatic carbocycles. The molecule has 0 fully saturated rings. The van der Waals surface area contributed by atoms with E-state index in [1.165, 1.54) is 11.1 Å². The molecule has 14 nitrogen and oxygen atoms in total. The number of hydrogen-bond donors (Lipinski definition) is 6. The maximum absolute atomic E-state index is 13.3. The lowest BCUT2D eigenvalue weighted by Crippen LogP contribution is -2.49. The minimum Gasteiger partial charge on any atom is -0.490 e. The molecule has 14 heteroatoms. The van der Waals surface area contributed by atoms with Gasteiger partial charge in [-0.25, -0.2) is 4.79 Å². The zero-order valence-electron chi connectivity index (χ0n) is 22.7. The highest BCUT2D eigenvalue weighted by Crippen LogP contribution is 2.44. The number of nitrogens with two attached hydrogens (primary N) is 2. The van der Waals surface area contributed by atoms with E-state index in [0.717, 1.165) is 4.57 Å². The molecule has 39 heavy (non-hydrogen) atoms. The number of aliphatic hydroxyl groups excluding tert-OH is 1. The number of nitrogens with one attached hydrogen (secondary N) is 3. The SMILES string of the molecule is CNC(CO)CN(CC(=O)C(C)(C)C)C(=O)Cn1cc2c(nc1=O)Nc1c(OCCNC(N)N)cccc1O2. The minimum atomic E-state index is -0.685.